The lowest BCUT2D eigenvalue weighted by Gasteiger charge is -2.19. The zero-order chi connectivity index (χ0) is 17.9. The summed E-state index contributed by atoms with van der Waals surface area (Å²) in [7, 11) is 0. The number of aliphatic hydroxyl groups is 1. The summed E-state index contributed by atoms with van der Waals surface area (Å²) in [5, 5.41) is 12.4. The predicted molar refractivity (Wildman–Crippen MR) is 97.6 cm³/mol. The van der Waals surface area contributed by atoms with Gasteiger partial charge in [0.25, 0.3) is 5.91 Å². The molecule has 4 rings (SSSR count). The van der Waals surface area contributed by atoms with E-state index in [4.69, 9.17) is 19.6 Å². The van der Waals surface area contributed by atoms with Crippen LogP contribution in [0.3, 0.4) is 0 Å². The summed E-state index contributed by atoms with van der Waals surface area (Å²) in [6.07, 6.45) is 0. The Morgan fingerprint density at radius 2 is 1.88 bits per heavy atom. The lowest BCUT2D eigenvalue weighted by Crippen LogP contribution is -2.26. The Morgan fingerprint density at radius 3 is 2.73 bits per heavy atom. The summed E-state index contributed by atoms with van der Waals surface area (Å²) in [5.74, 6) is 1.15. The van der Waals surface area contributed by atoms with E-state index in [0.29, 0.717) is 36.0 Å². The fraction of sp³-hybridized carbons (Fsp3) is 0.200. The molecular weight excluding hydrogens is 332 g/mol. The van der Waals surface area contributed by atoms with Crippen molar-refractivity contribution in [2.24, 2.45) is 0 Å². The van der Waals surface area contributed by atoms with Gasteiger partial charge in [0.05, 0.1) is 23.4 Å². The predicted octanol–water partition coefficient (Wildman–Crippen LogP) is 2.40. The topological polar surface area (TPSA) is 80.7 Å². The third-order valence-electron chi connectivity index (χ3n) is 4.20. The lowest BCUT2D eigenvalue weighted by molar-refractivity contribution is 0.0946. The molecule has 1 aromatic heterocycles. The molecule has 1 aliphatic rings. The Morgan fingerprint density at radius 1 is 1.08 bits per heavy atom. The minimum atomic E-state index is -0.239. The highest BCUT2D eigenvalue weighted by Gasteiger charge is 2.16. The van der Waals surface area contributed by atoms with Crippen molar-refractivity contribution in [3.8, 4) is 22.8 Å². The van der Waals surface area contributed by atoms with E-state index in [1.165, 1.54) is 0 Å². The second-order valence-electron chi connectivity index (χ2n) is 5.91. The van der Waals surface area contributed by atoms with Gasteiger partial charge in [0.1, 0.15) is 13.2 Å². The molecule has 3 aromatic rings. The maximum absolute atomic E-state index is 12.5. The molecule has 0 unspecified atom stereocenters. The molecule has 132 valence electrons. The first-order valence-electron chi connectivity index (χ1n) is 8.45. The SMILES string of the molecule is O=C(NCCO)c1cc(-c2ccc3c(c2)OCCO3)nc2ccccc12. The van der Waals surface area contributed by atoms with Gasteiger partial charge in [-0.1, -0.05) is 18.2 Å². The van der Waals surface area contributed by atoms with Crippen molar-refractivity contribution in [2.45, 2.75) is 0 Å². The highest BCUT2D eigenvalue weighted by Crippen LogP contribution is 2.35. The minimum absolute atomic E-state index is 0.107. The van der Waals surface area contributed by atoms with Crippen molar-refractivity contribution >= 4 is 16.8 Å². The number of nitrogens with one attached hydrogen (secondary N) is 1. The molecule has 6 heteroatoms. The van der Waals surface area contributed by atoms with Crippen LogP contribution in [0.25, 0.3) is 22.2 Å². The third-order valence-corrected chi connectivity index (χ3v) is 4.20. The lowest BCUT2D eigenvalue weighted by atomic mass is 10.0. The minimum Gasteiger partial charge on any atom is -0.486 e. The van der Waals surface area contributed by atoms with Crippen molar-refractivity contribution in [2.75, 3.05) is 26.4 Å². The molecule has 2 N–H and O–H groups in total. The highest BCUT2D eigenvalue weighted by atomic mass is 16.6. The van der Waals surface area contributed by atoms with Crippen molar-refractivity contribution in [3.05, 3.63) is 54.1 Å². The summed E-state index contributed by atoms with van der Waals surface area (Å²) in [4.78, 5) is 17.2. The summed E-state index contributed by atoms with van der Waals surface area (Å²) in [5.41, 5.74) is 2.77. The molecule has 0 aliphatic carbocycles. The Balaban J connectivity index is 1.81. The fourth-order valence-electron chi connectivity index (χ4n) is 2.98. The number of aromatic nitrogens is 1. The van der Waals surface area contributed by atoms with Crippen LogP contribution in [0, 0.1) is 0 Å². The van der Waals surface area contributed by atoms with Crippen molar-refractivity contribution in [3.63, 3.8) is 0 Å². The van der Waals surface area contributed by atoms with Gasteiger partial charge in [-0.15, -0.1) is 0 Å². The number of hydrogen-bond donors (Lipinski definition) is 2. The van der Waals surface area contributed by atoms with E-state index in [-0.39, 0.29) is 19.1 Å². The van der Waals surface area contributed by atoms with Crippen LogP contribution in [-0.4, -0.2) is 42.4 Å². The van der Waals surface area contributed by atoms with Crippen LogP contribution < -0.4 is 14.8 Å². The van der Waals surface area contributed by atoms with Crippen molar-refractivity contribution < 1.29 is 19.4 Å². The summed E-state index contributed by atoms with van der Waals surface area (Å²) >= 11 is 0. The van der Waals surface area contributed by atoms with E-state index in [0.717, 1.165) is 16.5 Å². The molecular formula is C20H18N2O4. The molecule has 0 radical (unpaired) electrons. The number of ether oxygens (including phenoxy) is 2. The van der Waals surface area contributed by atoms with Crippen molar-refractivity contribution in [1.82, 2.24) is 10.3 Å². The highest BCUT2D eigenvalue weighted by molar-refractivity contribution is 6.07. The number of rotatable bonds is 4. The van der Waals surface area contributed by atoms with Gasteiger partial charge >= 0.3 is 0 Å². The summed E-state index contributed by atoms with van der Waals surface area (Å²) in [6.45, 7) is 1.14. The van der Waals surface area contributed by atoms with E-state index < -0.39 is 0 Å². The molecule has 0 saturated heterocycles. The Bertz CT molecular complexity index is 971. The smallest absolute Gasteiger partial charge is 0.252 e. The van der Waals surface area contributed by atoms with E-state index in [9.17, 15) is 4.79 Å². The molecule has 0 spiro atoms. The molecule has 2 heterocycles. The number of carbonyl (C=O) groups excluding carboxylic acids is 1. The maximum Gasteiger partial charge on any atom is 0.252 e. The first-order chi connectivity index (χ1) is 12.8. The number of amides is 1. The average Bonchev–Trinajstić information content (AvgIpc) is 2.70. The number of fused-ring (bicyclic) bond motifs is 2. The van der Waals surface area contributed by atoms with Crippen molar-refractivity contribution in [1.29, 1.82) is 0 Å². The maximum atomic E-state index is 12.5. The number of pyridine rings is 1. The summed E-state index contributed by atoms with van der Waals surface area (Å²) < 4.78 is 11.2. The third kappa shape index (κ3) is 3.07. The van der Waals surface area contributed by atoms with Gasteiger partial charge in [-0.3, -0.25) is 4.79 Å². The van der Waals surface area contributed by atoms with Gasteiger partial charge in [0.15, 0.2) is 11.5 Å². The molecule has 0 fully saturated rings. The first kappa shape index (κ1) is 16.4. The number of benzene rings is 2. The molecule has 6 nitrogen and oxygen atoms in total. The molecule has 0 bridgehead atoms. The van der Waals surface area contributed by atoms with Gasteiger partial charge in [-0.05, 0) is 30.3 Å². The van der Waals surface area contributed by atoms with Crippen LogP contribution in [0.5, 0.6) is 11.5 Å². The Labute approximate surface area is 150 Å². The number of nitrogens with zero attached hydrogens (tertiary/aromatic N) is 1. The van der Waals surface area contributed by atoms with Gasteiger partial charge < -0.3 is 19.9 Å². The van der Waals surface area contributed by atoms with E-state index in [2.05, 4.69) is 5.32 Å². The van der Waals surface area contributed by atoms with Crippen LogP contribution in [0.2, 0.25) is 0 Å². The second kappa shape index (κ2) is 7.01. The molecule has 1 amide bonds. The molecule has 0 atom stereocenters. The first-order valence-corrected chi connectivity index (χ1v) is 8.45. The Hall–Kier alpha value is -3.12. The van der Waals surface area contributed by atoms with Crippen LogP contribution in [-0.2, 0) is 0 Å². The van der Waals surface area contributed by atoms with Gasteiger partial charge in [0, 0.05) is 17.5 Å². The number of hydrogen-bond acceptors (Lipinski definition) is 5. The van der Waals surface area contributed by atoms with Crippen LogP contribution >= 0.6 is 0 Å². The monoisotopic (exact) mass is 350 g/mol. The molecule has 26 heavy (non-hydrogen) atoms. The largest absolute Gasteiger partial charge is 0.486 e. The van der Waals surface area contributed by atoms with Crippen LogP contribution in [0.4, 0.5) is 0 Å². The number of aliphatic hydroxyl groups excluding tert-OH is 1. The molecule has 2 aromatic carbocycles. The summed E-state index contributed by atoms with van der Waals surface area (Å²) in [6, 6.07) is 14.9. The normalized spacial score (nSPS) is 12.8. The standard InChI is InChI=1S/C20H18N2O4/c23-8-7-21-20(24)15-12-17(22-16-4-2-1-3-14(15)16)13-5-6-18-19(11-13)26-10-9-25-18/h1-6,11-12,23H,7-10H2,(H,21,24). The van der Waals surface area contributed by atoms with Gasteiger partial charge in [-0.25, -0.2) is 4.98 Å². The van der Waals surface area contributed by atoms with Gasteiger partial charge in [0.2, 0.25) is 0 Å². The zero-order valence-corrected chi connectivity index (χ0v) is 14.1. The van der Waals surface area contributed by atoms with Crippen LogP contribution in [0.1, 0.15) is 10.4 Å². The Kier molecular flexibility index (Phi) is 4.41. The quantitative estimate of drug-likeness (QED) is 0.755. The molecule has 1 aliphatic heterocycles. The second-order valence-corrected chi connectivity index (χ2v) is 5.91. The van der Waals surface area contributed by atoms with E-state index in [1.807, 2.05) is 42.5 Å². The van der Waals surface area contributed by atoms with Crippen LogP contribution in [0.15, 0.2) is 48.5 Å². The number of carbonyl (C=O) groups is 1. The average molecular weight is 350 g/mol. The molecule has 0 saturated carbocycles. The fourth-order valence-corrected chi connectivity index (χ4v) is 2.98. The number of para-hydroxylation sites is 1. The zero-order valence-electron chi connectivity index (χ0n) is 14.1. The van der Waals surface area contributed by atoms with E-state index in [1.54, 1.807) is 6.07 Å². The van der Waals surface area contributed by atoms with Gasteiger partial charge in [-0.2, -0.15) is 0 Å². The van der Waals surface area contributed by atoms with E-state index >= 15 is 0 Å².